The molecular weight excluding hydrogens is 381 g/mol. The number of carbonyl (C=O) groups excluding carboxylic acids is 2. The van der Waals surface area contributed by atoms with Crippen LogP contribution in [-0.2, 0) is 9.59 Å². The van der Waals surface area contributed by atoms with Crippen LogP contribution < -0.4 is 15.4 Å². The Balaban J connectivity index is 1.54. The molecule has 142 valence electrons. The molecule has 1 aromatic heterocycles. The average Bonchev–Trinajstić information content (AvgIpc) is 3.12. The number of hydrogen-bond donors (Lipinski definition) is 2. The van der Waals surface area contributed by atoms with Crippen molar-refractivity contribution in [3.8, 4) is 17.0 Å². The molecule has 1 aliphatic heterocycles. The summed E-state index contributed by atoms with van der Waals surface area (Å²) in [4.78, 5) is 29.7. The lowest BCUT2D eigenvalue weighted by Gasteiger charge is -2.33. The Labute approximate surface area is 164 Å². The van der Waals surface area contributed by atoms with E-state index in [1.165, 1.54) is 30.4 Å². The maximum absolute atomic E-state index is 13.1. The first kappa shape index (κ1) is 18.1. The standard InChI is InChI=1S/C20H16FN3O3S/c1-11-3-8-16-14(9-11)22-17(25)20(2,27-16)18(26)24-19-23-15(10-28-19)12-4-6-13(21)7-5-12/h3-10H,1-2H3,(H,22,25)(H,23,24,26). The van der Waals surface area contributed by atoms with Crippen LogP contribution in [0.5, 0.6) is 5.75 Å². The van der Waals surface area contributed by atoms with E-state index >= 15 is 0 Å². The van der Waals surface area contributed by atoms with E-state index < -0.39 is 17.4 Å². The van der Waals surface area contributed by atoms with Crippen LogP contribution in [0.25, 0.3) is 11.3 Å². The molecule has 0 saturated carbocycles. The van der Waals surface area contributed by atoms with Crippen LogP contribution in [0.1, 0.15) is 12.5 Å². The number of rotatable bonds is 3. The maximum Gasteiger partial charge on any atom is 0.280 e. The highest BCUT2D eigenvalue weighted by molar-refractivity contribution is 7.14. The molecule has 1 aliphatic rings. The average molecular weight is 397 g/mol. The van der Waals surface area contributed by atoms with Crippen molar-refractivity contribution in [1.29, 1.82) is 0 Å². The third-order valence-electron chi connectivity index (χ3n) is 4.43. The van der Waals surface area contributed by atoms with E-state index in [4.69, 9.17) is 4.74 Å². The van der Waals surface area contributed by atoms with E-state index in [-0.39, 0.29) is 5.82 Å². The molecule has 0 saturated heterocycles. The largest absolute Gasteiger partial charge is 0.466 e. The van der Waals surface area contributed by atoms with Crippen molar-refractivity contribution < 1.29 is 18.7 Å². The summed E-state index contributed by atoms with van der Waals surface area (Å²) in [6.07, 6.45) is 0. The maximum atomic E-state index is 13.1. The number of benzene rings is 2. The van der Waals surface area contributed by atoms with Gasteiger partial charge >= 0.3 is 0 Å². The molecule has 2 amide bonds. The molecule has 6 nitrogen and oxygen atoms in total. The highest BCUT2D eigenvalue weighted by atomic mass is 32.1. The number of fused-ring (bicyclic) bond motifs is 1. The summed E-state index contributed by atoms with van der Waals surface area (Å²) in [7, 11) is 0. The van der Waals surface area contributed by atoms with Gasteiger partial charge in [0.1, 0.15) is 11.6 Å². The third-order valence-corrected chi connectivity index (χ3v) is 5.19. The van der Waals surface area contributed by atoms with Crippen molar-refractivity contribution in [2.24, 2.45) is 0 Å². The second-order valence-corrected chi connectivity index (χ2v) is 7.45. The number of nitrogens with zero attached hydrogens (tertiary/aromatic N) is 1. The fourth-order valence-electron chi connectivity index (χ4n) is 2.79. The highest BCUT2D eigenvalue weighted by Gasteiger charge is 2.47. The fraction of sp³-hybridized carbons (Fsp3) is 0.150. The minimum atomic E-state index is -1.73. The summed E-state index contributed by atoms with van der Waals surface area (Å²) in [6.45, 7) is 3.31. The number of hydrogen-bond acceptors (Lipinski definition) is 5. The van der Waals surface area contributed by atoms with Gasteiger partial charge in [-0.3, -0.25) is 14.9 Å². The number of nitrogens with one attached hydrogen (secondary N) is 2. The number of thiazole rings is 1. The van der Waals surface area contributed by atoms with Gasteiger partial charge in [-0.15, -0.1) is 11.3 Å². The number of halogens is 1. The van der Waals surface area contributed by atoms with Gasteiger partial charge in [0, 0.05) is 10.9 Å². The number of aryl methyl sites for hydroxylation is 1. The topological polar surface area (TPSA) is 80.3 Å². The van der Waals surface area contributed by atoms with Crippen LogP contribution in [-0.4, -0.2) is 22.4 Å². The van der Waals surface area contributed by atoms with Gasteiger partial charge in [0.25, 0.3) is 17.4 Å². The Kier molecular flexibility index (Phi) is 4.35. The molecule has 2 aromatic carbocycles. The molecule has 0 spiro atoms. The second kappa shape index (κ2) is 6.72. The zero-order valence-electron chi connectivity index (χ0n) is 15.1. The first-order chi connectivity index (χ1) is 13.3. The molecule has 0 fully saturated rings. The van der Waals surface area contributed by atoms with Crippen molar-refractivity contribution in [2.75, 3.05) is 10.6 Å². The monoisotopic (exact) mass is 397 g/mol. The van der Waals surface area contributed by atoms with E-state index in [0.717, 1.165) is 11.1 Å². The molecule has 28 heavy (non-hydrogen) atoms. The molecule has 2 heterocycles. The quantitative estimate of drug-likeness (QED) is 0.655. The minimum absolute atomic E-state index is 0.316. The van der Waals surface area contributed by atoms with Crippen LogP contribution in [0.15, 0.2) is 47.8 Å². The summed E-state index contributed by atoms with van der Waals surface area (Å²) in [6, 6.07) is 11.2. The minimum Gasteiger partial charge on any atom is -0.466 e. The first-order valence-electron chi connectivity index (χ1n) is 8.49. The van der Waals surface area contributed by atoms with E-state index in [0.29, 0.717) is 22.3 Å². The molecule has 1 atom stereocenters. The normalized spacial score (nSPS) is 18.0. The van der Waals surface area contributed by atoms with Crippen molar-refractivity contribution in [2.45, 2.75) is 19.4 Å². The van der Waals surface area contributed by atoms with Gasteiger partial charge in [0.2, 0.25) is 0 Å². The van der Waals surface area contributed by atoms with Crippen LogP contribution in [0, 0.1) is 12.7 Å². The second-order valence-electron chi connectivity index (χ2n) is 6.59. The third kappa shape index (κ3) is 3.22. The van der Waals surface area contributed by atoms with Gasteiger partial charge < -0.3 is 10.1 Å². The molecule has 3 aromatic rings. The molecule has 0 aliphatic carbocycles. The van der Waals surface area contributed by atoms with E-state index in [1.54, 1.807) is 29.6 Å². The van der Waals surface area contributed by atoms with Gasteiger partial charge in [0.15, 0.2) is 5.13 Å². The predicted octanol–water partition coefficient (Wildman–Crippen LogP) is 3.99. The molecule has 0 bridgehead atoms. The zero-order valence-corrected chi connectivity index (χ0v) is 15.9. The Morgan fingerprint density at radius 2 is 2.00 bits per heavy atom. The van der Waals surface area contributed by atoms with E-state index in [9.17, 15) is 14.0 Å². The summed E-state index contributed by atoms with van der Waals surface area (Å²) >= 11 is 1.20. The lowest BCUT2D eigenvalue weighted by molar-refractivity contribution is -0.143. The summed E-state index contributed by atoms with van der Waals surface area (Å²) in [5.41, 5.74) is 1.08. The highest BCUT2D eigenvalue weighted by Crippen LogP contribution is 2.35. The fourth-order valence-corrected chi connectivity index (χ4v) is 3.50. The van der Waals surface area contributed by atoms with Gasteiger partial charge in [0.05, 0.1) is 11.4 Å². The Hall–Kier alpha value is -3.26. The van der Waals surface area contributed by atoms with E-state index in [2.05, 4.69) is 15.6 Å². The van der Waals surface area contributed by atoms with Crippen molar-refractivity contribution >= 4 is 34.0 Å². The van der Waals surface area contributed by atoms with Crippen LogP contribution >= 0.6 is 11.3 Å². The van der Waals surface area contributed by atoms with Crippen LogP contribution in [0.2, 0.25) is 0 Å². The van der Waals surface area contributed by atoms with Crippen molar-refractivity contribution in [3.63, 3.8) is 0 Å². The molecular formula is C20H16FN3O3S. The summed E-state index contributed by atoms with van der Waals surface area (Å²) < 4.78 is 18.8. The Morgan fingerprint density at radius 1 is 1.25 bits per heavy atom. The van der Waals surface area contributed by atoms with Crippen LogP contribution in [0.4, 0.5) is 15.2 Å². The van der Waals surface area contributed by atoms with Gasteiger partial charge in [-0.05, 0) is 55.8 Å². The van der Waals surface area contributed by atoms with Crippen LogP contribution in [0.3, 0.4) is 0 Å². The summed E-state index contributed by atoms with van der Waals surface area (Å²) in [5, 5.41) is 7.41. The predicted molar refractivity (Wildman–Crippen MR) is 105 cm³/mol. The number of anilines is 2. The summed E-state index contributed by atoms with van der Waals surface area (Å²) in [5.74, 6) is -1.10. The SMILES string of the molecule is Cc1ccc2c(c1)NC(=O)C(C)(C(=O)Nc1nc(-c3ccc(F)cc3)cs1)O2. The molecule has 8 heteroatoms. The van der Waals surface area contributed by atoms with E-state index in [1.807, 2.05) is 13.0 Å². The first-order valence-corrected chi connectivity index (χ1v) is 9.37. The van der Waals surface area contributed by atoms with Crippen molar-refractivity contribution in [3.05, 3.63) is 59.2 Å². The number of ether oxygens (including phenoxy) is 1. The van der Waals surface area contributed by atoms with Crippen molar-refractivity contribution in [1.82, 2.24) is 4.98 Å². The lowest BCUT2D eigenvalue weighted by Crippen LogP contribution is -2.56. The van der Waals surface area contributed by atoms with Gasteiger partial charge in [-0.1, -0.05) is 6.07 Å². The number of carbonyl (C=O) groups is 2. The molecule has 4 rings (SSSR count). The molecule has 1 unspecified atom stereocenters. The smallest absolute Gasteiger partial charge is 0.280 e. The Morgan fingerprint density at radius 3 is 2.75 bits per heavy atom. The van der Waals surface area contributed by atoms with Gasteiger partial charge in [-0.2, -0.15) is 0 Å². The zero-order chi connectivity index (χ0) is 19.9. The lowest BCUT2D eigenvalue weighted by atomic mass is 10.0. The Bertz CT molecular complexity index is 1080. The number of aromatic nitrogens is 1. The number of amides is 2. The molecule has 0 radical (unpaired) electrons. The van der Waals surface area contributed by atoms with Gasteiger partial charge in [-0.25, -0.2) is 9.37 Å². The molecule has 2 N–H and O–H groups in total.